The Labute approximate surface area is 166 Å². The van der Waals surface area contributed by atoms with Crippen molar-refractivity contribution in [3.8, 4) is 22.8 Å². The van der Waals surface area contributed by atoms with Crippen LogP contribution in [0.5, 0.6) is 11.5 Å². The minimum absolute atomic E-state index is 0.107. The molecule has 3 heterocycles. The molecule has 1 aromatic carbocycles. The van der Waals surface area contributed by atoms with Gasteiger partial charge in [0.25, 0.3) is 0 Å². The second kappa shape index (κ2) is 7.63. The fraction of sp³-hybridized carbons (Fsp3) is 0.350. The van der Waals surface area contributed by atoms with Gasteiger partial charge >= 0.3 is 0 Å². The standard InChI is InChI=1S/C20H21N3O4S/c1-26-15-7-6-12(10-16(15)27-2)14-11-13(19(24)25)17-18(21-14)22-20(28-17)23-8-4-3-5-9-23/h6-7,10-11H,3-5,8-9H2,1-2H3,(H,24,25)/p-1. The molecular formula is C20H20N3O4S-. The van der Waals surface area contributed by atoms with Gasteiger partial charge in [0.2, 0.25) is 0 Å². The number of ether oxygens (including phenoxy) is 2. The van der Waals surface area contributed by atoms with E-state index in [0.717, 1.165) is 36.6 Å². The van der Waals surface area contributed by atoms with Crippen LogP contribution in [0.4, 0.5) is 5.13 Å². The van der Waals surface area contributed by atoms with Crippen LogP contribution in [0.25, 0.3) is 21.6 Å². The van der Waals surface area contributed by atoms with E-state index in [4.69, 9.17) is 9.47 Å². The Bertz CT molecular complexity index is 1030. The third-order valence-corrected chi connectivity index (χ3v) is 6.01. The van der Waals surface area contributed by atoms with Crippen LogP contribution in [0, 0.1) is 0 Å². The normalized spacial score (nSPS) is 14.3. The number of aromatic carboxylic acids is 1. The summed E-state index contributed by atoms with van der Waals surface area (Å²) in [5, 5.41) is 12.6. The molecule has 1 aliphatic rings. The molecule has 0 radical (unpaired) electrons. The number of thiazole rings is 1. The van der Waals surface area contributed by atoms with E-state index in [1.165, 1.54) is 23.8 Å². The minimum atomic E-state index is -1.23. The number of piperidine rings is 1. The maximum Gasteiger partial charge on any atom is 0.188 e. The maximum absolute atomic E-state index is 11.8. The maximum atomic E-state index is 11.8. The van der Waals surface area contributed by atoms with Crippen LogP contribution in [-0.2, 0) is 0 Å². The number of methoxy groups -OCH3 is 2. The van der Waals surface area contributed by atoms with Crippen molar-refractivity contribution in [1.29, 1.82) is 0 Å². The first kappa shape index (κ1) is 18.5. The number of carboxylic acids is 1. The van der Waals surface area contributed by atoms with Crippen LogP contribution in [0.15, 0.2) is 24.3 Å². The SMILES string of the molecule is COc1ccc(-c2cc(C(=O)[O-])c3sc(N4CCCCC4)nc3n2)cc1OC. The first-order valence-electron chi connectivity index (χ1n) is 9.11. The highest BCUT2D eigenvalue weighted by atomic mass is 32.1. The molecule has 4 rings (SSSR count). The second-order valence-electron chi connectivity index (χ2n) is 6.61. The van der Waals surface area contributed by atoms with Crippen LogP contribution < -0.4 is 19.5 Å². The number of nitrogens with zero attached hydrogens (tertiary/aromatic N) is 3. The summed E-state index contributed by atoms with van der Waals surface area (Å²) < 4.78 is 11.2. The summed E-state index contributed by atoms with van der Waals surface area (Å²) in [5.74, 6) is -0.0966. The van der Waals surface area contributed by atoms with E-state index in [2.05, 4.69) is 14.9 Å². The van der Waals surface area contributed by atoms with E-state index in [-0.39, 0.29) is 5.56 Å². The molecule has 0 bridgehead atoms. The summed E-state index contributed by atoms with van der Waals surface area (Å²) in [5.41, 5.74) is 1.75. The van der Waals surface area contributed by atoms with Crippen LogP contribution >= 0.6 is 11.3 Å². The Kier molecular flexibility index (Phi) is 5.04. The van der Waals surface area contributed by atoms with Crippen molar-refractivity contribution in [2.45, 2.75) is 19.3 Å². The molecule has 146 valence electrons. The van der Waals surface area contributed by atoms with Crippen LogP contribution in [0.2, 0.25) is 0 Å². The summed E-state index contributed by atoms with van der Waals surface area (Å²) in [4.78, 5) is 23.2. The van der Waals surface area contributed by atoms with Crippen molar-refractivity contribution in [2.24, 2.45) is 0 Å². The number of carboxylic acid groups (broad SMARTS) is 1. The van der Waals surface area contributed by atoms with Gasteiger partial charge in [0, 0.05) is 24.2 Å². The fourth-order valence-electron chi connectivity index (χ4n) is 3.42. The molecule has 3 aromatic rings. The second-order valence-corrected chi connectivity index (χ2v) is 7.59. The van der Waals surface area contributed by atoms with Crippen molar-refractivity contribution < 1.29 is 19.4 Å². The Morgan fingerprint density at radius 2 is 1.82 bits per heavy atom. The molecule has 0 amide bonds. The molecule has 0 atom stereocenters. The summed E-state index contributed by atoms with van der Waals surface area (Å²) in [6.45, 7) is 1.87. The number of fused-ring (bicyclic) bond motifs is 1. The molecule has 1 aliphatic heterocycles. The first-order valence-corrected chi connectivity index (χ1v) is 9.92. The third-order valence-electron chi connectivity index (χ3n) is 4.88. The molecule has 8 heteroatoms. The van der Waals surface area contributed by atoms with Gasteiger partial charge in [0.15, 0.2) is 22.3 Å². The Hall–Kier alpha value is -2.87. The predicted molar refractivity (Wildman–Crippen MR) is 106 cm³/mol. The number of pyridine rings is 1. The fourth-order valence-corrected chi connectivity index (χ4v) is 4.48. The first-order chi connectivity index (χ1) is 13.6. The zero-order chi connectivity index (χ0) is 19.7. The van der Waals surface area contributed by atoms with Gasteiger partial charge in [-0.3, -0.25) is 0 Å². The van der Waals surface area contributed by atoms with E-state index in [1.54, 1.807) is 26.4 Å². The number of carbonyl (C=O) groups is 1. The lowest BCUT2D eigenvalue weighted by Gasteiger charge is -2.25. The molecule has 0 aliphatic carbocycles. The Balaban J connectivity index is 1.82. The number of benzene rings is 1. The zero-order valence-corrected chi connectivity index (χ0v) is 16.5. The van der Waals surface area contributed by atoms with Gasteiger partial charge in [-0.1, -0.05) is 11.3 Å². The molecule has 0 N–H and O–H groups in total. The number of rotatable bonds is 5. The van der Waals surface area contributed by atoms with Gasteiger partial charge in [0.05, 0.1) is 30.6 Å². The van der Waals surface area contributed by atoms with Gasteiger partial charge in [-0.15, -0.1) is 0 Å². The van der Waals surface area contributed by atoms with Gasteiger partial charge in [-0.05, 0) is 43.5 Å². The van der Waals surface area contributed by atoms with Gasteiger partial charge in [-0.25, -0.2) is 4.98 Å². The lowest BCUT2D eigenvalue weighted by molar-refractivity contribution is -0.254. The quantitative estimate of drug-likeness (QED) is 0.653. The van der Waals surface area contributed by atoms with E-state index in [1.807, 2.05) is 6.07 Å². The van der Waals surface area contributed by atoms with Crippen LogP contribution in [0.3, 0.4) is 0 Å². The third kappa shape index (κ3) is 3.35. The number of aromatic nitrogens is 2. The molecular weight excluding hydrogens is 378 g/mol. The van der Waals surface area contributed by atoms with Crippen molar-refractivity contribution in [1.82, 2.24) is 9.97 Å². The van der Waals surface area contributed by atoms with Crippen LogP contribution in [0.1, 0.15) is 29.6 Å². The molecule has 0 saturated carbocycles. The highest BCUT2D eigenvalue weighted by molar-refractivity contribution is 7.22. The summed E-state index contributed by atoms with van der Waals surface area (Å²) in [6.07, 6.45) is 3.45. The molecule has 1 saturated heterocycles. The molecule has 1 fully saturated rings. The molecule has 0 spiro atoms. The smallest absolute Gasteiger partial charge is 0.188 e. The monoisotopic (exact) mass is 398 g/mol. The average Bonchev–Trinajstić information content (AvgIpc) is 3.17. The van der Waals surface area contributed by atoms with Crippen molar-refractivity contribution >= 4 is 32.8 Å². The topological polar surface area (TPSA) is 87.6 Å². The average molecular weight is 398 g/mol. The van der Waals surface area contributed by atoms with E-state index < -0.39 is 5.97 Å². The van der Waals surface area contributed by atoms with E-state index in [9.17, 15) is 9.90 Å². The van der Waals surface area contributed by atoms with Gasteiger partial charge in [-0.2, -0.15) is 4.98 Å². The summed E-state index contributed by atoms with van der Waals surface area (Å²) in [7, 11) is 3.11. The Morgan fingerprint density at radius 1 is 1.07 bits per heavy atom. The zero-order valence-electron chi connectivity index (χ0n) is 15.7. The van der Waals surface area contributed by atoms with Crippen molar-refractivity contribution in [2.75, 3.05) is 32.2 Å². The highest BCUT2D eigenvalue weighted by Crippen LogP contribution is 2.36. The molecule has 28 heavy (non-hydrogen) atoms. The molecule has 2 aromatic heterocycles. The lowest BCUT2D eigenvalue weighted by Crippen LogP contribution is -2.29. The van der Waals surface area contributed by atoms with E-state index in [0.29, 0.717) is 27.5 Å². The largest absolute Gasteiger partial charge is 0.545 e. The van der Waals surface area contributed by atoms with Crippen LogP contribution in [-0.4, -0.2) is 43.2 Å². The van der Waals surface area contributed by atoms with Gasteiger partial charge in [0.1, 0.15) is 0 Å². The summed E-state index contributed by atoms with van der Waals surface area (Å²) in [6, 6.07) is 6.88. The van der Waals surface area contributed by atoms with Crippen molar-refractivity contribution in [3.05, 3.63) is 29.8 Å². The molecule has 0 unspecified atom stereocenters. The lowest BCUT2D eigenvalue weighted by atomic mass is 10.1. The highest BCUT2D eigenvalue weighted by Gasteiger charge is 2.19. The number of hydrogen-bond donors (Lipinski definition) is 0. The Morgan fingerprint density at radius 3 is 2.50 bits per heavy atom. The number of hydrogen-bond acceptors (Lipinski definition) is 8. The van der Waals surface area contributed by atoms with Gasteiger partial charge < -0.3 is 24.3 Å². The van der Waals surface area contributed by atoms with E-state index >= 15 is 0 Å². The number of carbonyl (C=O) groups excluding carboxylic acids is 1. The molecule has 7 nitrogen and oxygen atoms in total. The predicted octanol–water partition coefficient (Wildman–Crippen LogP) is 2.73. The number of anilines is 1. The summed E-state index contributed by atoms with van der Waals surface area (Å²) >= 11 is 1.36. The minimum Gasteiger partial charge on any atom is -0.545 e. The van der Waals surface area contributed by atoms with Crippen molar-refractivity contribution in [3.63, 3.8) is 0 Å².